The van der Waals surface area contributed by atoms with Crippen molar-refractivity contribution in [1.82, 2.24) is 5.32 Å². The molecule has 0 saturated carbocycles. The van der Waals surface area contributed by atoms with Crippen molar-refractivity contribution in [3.05, 3.63) is 0 Å². The first-order valence-corrected chi connectivity index (χ1v) is 14.7. The number of rotatable bonds is 7. The Morgan fingerprint density at radius 1 is 1.00 bits per heavy atom. The number of carbonyl (C=O) groups excluding carboxylic acids is 1. The van der Waals surface area contributed by atoms with Crippen molar-refractivity contribution >= 4 is 29.9 Å². The molecular formula is C20H43NO5Si2. The Labute approximate surface area is 175 Å². The summed E-state index contributed by atoms with van der Waals surface area (Å²) < 4.78 is 11.7. The SMILES string of the molecule is CC(C)(C)C[SiH2]O[C@@](C)(NC(=O)OC(C)(C)C)[C@@H](C(=O)O)[Si](C)(C)C(C)(C)C. The number of carboxylic acids is 1. The molecule has 2 atom stereocenters. The van der Waals surface area contributed by atoms with E-state index >= 15 is 0 Å². The Balaban J connectivity index is 6.01. The topological polar surface area (TPSA) is 84.9 Å². The molecule has 0 spiro atoms. The van der Waals surface area contributed by atoms with Gasteiger partial charge in [-0.15, -0.1) is 0 Å². The standard InChI is InChI=1S/C20H43NO5Si2/c1-17(2,3)13-27-26-20(10,21-16(24)25-18(4,5)6)14(15(22)23)28(11,12)19(7,8)9/h14H,13,27H2,1-12H3,(H,21,24)(H,22,23)/t14-,20-/m1/s1. The third-order valence-corrected chi connectivity index (χ3v) is 14.1. The van der Waals surface area contributed by atoms with Crippen LogP contribution in [0.2, 0.25) is 29.7 Å². The number of carbonyl (C=O) groups is 2. The summed E-state index contributed by atoms with van der Waals surface area (Å²) in [6.45, 7) is 23.7. The molecule has 0 aliphatic rings. The van der Waals surface area contributed by atoms with Crippen molar-refractivity contribution < 1.29 is 23.9 Å². The second kappa shape index (κ2) is 8.87. The predicted octanol–water partition coefficient (Wildman–Crippen LogP) is 4.76. The van der Waals surface area contributed by atoms with Crippen LogP contribution in [-0.2, 0) is 14.0 Å². The average Bonchev–Trinajstić information content (AvgIpc) is 2.30. The largest absolute Gasteiger partial charge is 0.481 e. The lowest BCUT2D eigenvalue weighted by Gasteiger charge is -2.49. The summed E-state index contributed by atoms with van der Waals surface area (Å²) in [5.74, 6) is -0.935. The van der Waals surface area contributed by atoms with Gasteiger partial charge in [-0.05, 0) is 44.2 Å². The van der Waals surface area contributed by atoms with Gasteiger partial charge in [0.15, 0.2) is 9.76 Å². The second-order valence-corrected chi connectivity index (χ2v) is 18.4. The van der Waals surface area contributed by atoms with Gasteiger partial charge < -0.3 is 14.3 Å². The Bertz CT molecular complexity index is 558. The van der Waals surface area contributed by atoms with E-state index in [2.05, 4.69) is 60.0 Å². The number of alkyl carbamates (subject to hydrolysis) is 1. The molecule has 0 radical (unpaired) electrons. The summed E-state index contributed by atoms with van der Waals surface area (Å²) in [5, 5.41) is 12.8. The van der Waals surface area contributed by atoms with Crippen molar-refractivity contribution in [2.24, 2.45) is 5.41 Å². The smallest absolute Gasteiger partial charge is 0.409 e. The third kappa shape index (κ3) is 8.25. The summed E-state index contributed by atoms with van der Waals surface area (Å²) in [7, 11) is -3.50. The quantitative estimate of drug-likeness (QED) is 0.447. The second-order valence-electron chi connectivity index (χ2n) is 11.6. The maximum absolute atomic E-state index is 12.6. The van der Waals surface area contributed by atoms with Gasteiger partial charge in [0.2, 0.25) is 0 Å². The molecule has 6 nitrogen and oxygen atoms in total. The normalized spacial score (nSPS) is 17.3. The highest BCUT2D eigenvalue weighted by molar-refractivity contribution is 6.84. The van der Waals surface area contributed by atoms with Crippen molar-refractivity contribution in [3.8, 4) is 0 Å². The molecule has 0 unspecified atom stereocenters. The Kier molecular flexibility index (Phi) is 8.60. The van der Waals surface area contributed by atoms with E-state index in [0.29, 0.717) is 0 Å². The van der Waals surface area contributed by atoms with Crippen LogP contribution in [0.25, 0.3) is 0 Å². The summed E-state index contributed by atoms with van der Waals surface area (Å²) in [5.41, 5.74) is -2.72. The van der Waals surface area contributed by atoms with Crippen molar-refractivity contribution in [1.29, 1.82) is 0 Å². The molecule has 0 fully saturated rings. The van der Waals surface area contributed by atoms with Crippen LogP contribution in [0, 0.1) is 5.41 Å². The monoisotopic (exact) mass is 433 g/mol. The number of hydrogen-bond acceptors (Lipinski definition) is 4. The van der Waals surface area contributed by atoms with E-state index in [-0.39, 0.29) is 10.5 Å². The maximum atomic E-state index is 12.6. The molecule has 0 aliphatic carbocycles. The highest BCUT2D eigenvalue weighted by Gasteiger charge is 2.56. The summed E-state index contributed by atoms with van der Waals surface area (Å²) in [6.07, 6.45) is -0.648. The molecule has 166 valence electrons. The summed E-state index contributed by atoms with van der Waals surface area (Å²) >= 11 is 0. The predicted molar refractivity (Wildman–Crippen MR) is 120 cm³/mol. The maximum Gasteiger partial charge on any atom is 0.409 e. The first-order valence-electron chi connectivity index (χ1n) is 10.0. The van der Waals surface area contributed by atoms with Crippen LogP contribution in [0.1, 0.15) is 69.2 Å². The van der Waals surface area contributed by atoms with Gasteiger partial charge in [0.05, 0.1) is 13.6 Å². The number of aliphatic carboxylic acids is 1. The Morgan fingerprint density at radius 3 is 1.79 bits per heavy atom. The van der Waals surface area contributed by atoms with E-state index in [1.807, 2.05) is 0 Å². The first kappa shape index (κ1) is 27.1. The molecule has 0 heterocycles. The Morgan fingerprint density at radius 2 is 1.46 bits per heavy atom. The Hall–Kier alpha value is -0.866. The van der Waals surface area contributed by atoms with Crippen LogP contribution in [-0.4, -0.2) is 46.3 Å². The van der Waals surface area contributed by atoms with Gasteiger partial charge in [0.25, 0.3) is 0 Å². The van der Waals surface area contributed by atoms with Gasteiger partial charge in [-0.25, -0.2) is 4.79 Å². The van der Waals surface area contributed by atoms with Crippen LogP contribution >= 0.6 is 0 Å². The molecule has 0 rings (SSSR count). The molecule has 0 saturated heterocycles. The first-order chi connectivity index (χ1) is 12.1. The highest BCUT2D eigenvalue weighted by atomic mass is 28.3. The van der Waals surface area contributed by atoms with E-state index in [1.165, 1.54) is 0 Å². The minimum atomic E-state index is -2.43. The molecule has 28 heavy (non-hydrogen) atoms. The fourth-order valence-corrected chi connectivity index (χ4v) is 7.49. The zero-order chi connectivity index (χ0) is 22.8. The van der Waals surface area contributed by atoms with Gasteiger partial charge in [-0.2, -0.15) is 0 Å². The van der Waals surface area contributed by atoms with E-state index in [9.17, 15) is 14.7 Å². The number of amides is 1. The number of carboxylic acid groups (broad SMARTS) is 1. The van der Waals surface area contributed by atoms with Crippen LogP contribution in [0.5, 0.6) is 0 Å². The molecule has 1 amide bonds. The van der Waals surface area contributed by atoms with E-state index in [4.69, 9.17) is 9.16 Å². The van der Waals surface area contributed by atoms with Crippen molar-refractivity contribution in [2.75, 3.05) is 0 Å². The number of ether oxygens (including phenoxy) is 1. The lowest BCUT2D eigenvalue weighted by molar-refractivity contribution is -0.142. The molecular weight excluding hydrogens is 390 g/mol. The number of nitrogens with one attached hydrogen (secondary N) is 1. The third-order valence-electron chi connectivity index (χ3n) is 5.46. The molecule has 2 N–H and O–H groups in total. The lowest BCUT2D eigenvalue weighted by atomic mass is 10.0. The minimum Gasteiger partial charge on any atom is -0.481 e. The van der Waals surface area contributed by atoms with Crippen molar-refractivity contribution in [3.63, 3.8) is 0 Å². The molecule has 0 aromatic carbocycles. The van der Waals surface area contributed by atoms with Gasteiger partial charge in [-0.1, -0.05) is 54.6 Å². The molecule has 0 aromatic heterocycles. The van der Waals surface area contributed by atoms with Crippen LogP contribution in [0.15, 0.2) is 0 Å². The molecule has 0 aromatic rings. The zero-order valence-electron chi connectivity index (χ0n) is 20.1. The zero-order valence-corrected chi connectivity index (χ0v) is 22.5. The number of hydrogen-bond donors (Lipinski definition) is 2. The average molecular weight is 434 g/mol. The van der Waals surface area contributed by atoms with E-state index in [1.54, 1.807) is 27.7 Å². The van der Waals surface area contributed by atoms with Gasteiger partial charge in [0, 0.05) is 0 Å². The van der Waals surface area contributed by atoms with Gasteiger partial charge in [-0.3, -0.25) is 10.1 Å². The lowest BCUT2D eigenvalue weighted by Crippen LogP contribution is -2.63. The van der Waals surface area contributed by atoms with Crippen LogP contribution in [0.4, 0.5) is 4.79 Å². The summed E-state index contributed by atoms with van der Waals surface area (Å²) in [6, 6.07) is 0.877. The van der Waals surface area contributed by atoms with Gasteiger partial charge in [0.1, 0.15) is 11.3 Å². The molecule has 8 heteroatoms. The fraction of sp³-hybridized carbons (Fsp3) is 0.900. The van der Waals surface area contributed by atoms with E-state index < -0.39 is 46.8 Å². The molecule has 0 bridgehead atoms. The molecule has 0 aliphatic heterocycles. The highest BCUT2D eigenvalue weighted by Crippen LogP contribution is 2.48. The van der Waals surface area contributed by atoms with Gasteiger partial charge >= 0.3 is 12.1 Å². The van der Waals surface area contributed by atoms with Crippen molar-refractivity contribution in [2.45, 2.75) is 110 Å². The summed E-state index contributed by atoms with van der Waals surface area (Å²) in [4.78, 5) is 25.0. The van der Waals surface area contributed by atoms with Crippen LogP contribution < -0.4 is 5.32 Å². The minimum absolute atomic E-state index is 0.0920. The van der Waals surface area contributed by atoms with Crippen LogP contribution in [0.3, 0.4) is 0 Å². The van der Waals surface area contributed by atoms with E-state index in [0.717, 1.165) is 6.04 Å². The fourth-order valence-electron chi connectivity index (χ4n) is 2.93.